The summed E-state index contributed by atoms with van der Waals surface area (Å²) in [5, 5.41) is 12.3. The Morgan fingerprint density at radius 3 is 2.00 bits per heavy atom. The van der Waals surface area contributed by atoms with Gasteiger partial charge in [0.1, 0.15) is 11.9 Å². The van der Waals surface area contributed by atoms with Crippen molar-refractivity contribution in [1.82, 2.24) is 10.3 Å². The van der Waals surface area contributed by atoms with Crippen LogP contribution in [0.4, 0.5) is 36.4 Å². The molecule has 0 spiro atoms. The Labute approximate surface area is 242 Å². The fourth-order valence-electron chi connectivity index (χ4n) is 5.21. The summed E-state index contributed by atoms with van der Waals surface area (Å²) < 4.78 is 95.3. The summed E-state index contributed by atoms with van der Waals surface area (Å²) in [6.45, 7) is 4.07. The van der Waals surface area contributed by atoms with Crippen molar-refractivity contribution < 1.29 is 45.4 Å². The quantitative estimate of drug-likeness (QED) is 0.292. The van der Waals surface area contributed by atoms with Crippen LogP contribution in [0.2, 0.25) is 0 Å². The van der Waals surface area contributed by atoms with E-state index in [0.29, 0.717) is 47.4 Å². The zero-order valence-electron chi connectivity index (χ0n) is 23.5. The van der Waals surface area contributed by atoms with Gasteiger partial charge in [0.05, 0.1) is 40.2 Å². The van der Waals surface area contributed by atoms with Gasteiger partial charge in [-0.05, 0) is 86.7 Å². The zero-order valence-corrected chi connectivity index (χ0v) is 23.5. The molecule has 2 heterocycles. The van der Waals surface area contributed by atoms with Gasteiger partial charge >= 0.3 is 18.3 Å². The van der Waals surface area contributed by atoms with Crippen molar-refractivity contribution in [2.24, 2.45) is 0 Å². The van der Waals surface area contributed by atoms with Crippen LogP contribution in [0, 0.1) is 12.7 Å². The largest absolute Gasteiger partial charge is 0.480 e. The SMILES string of the molecule is Cc1cc(F)ccc1-c1cc([C@H]2CC[C@H](C(=O)O)N2)ncc1N(C)C(=O)C(C)(C)c1cc(C(F)(F)F)cc(C(F)(F)F)c1. The number of likely N-dealkylation sites (N-methyl/N-ethyl adjacent to an activating group) is 1. The lowest BCUT2D eigenvalue weighted by atomic mass is 9.81. The number of hydrogen-bond donors (Lipinski definition) is 2. The van der Waals surface area contributed by atoms with Crippen LogP contribution in [0.15, 0.2) is 48.7 Å². The summed E-state index contributed by atoms with van der Waals surface area (Å²) in [5.41, 5.74) is -3.49. The molecule has 43 heavy (non-hydrogen) atoms. The highest BCUT2D eigenvalue weighted by Crippen LogP contribution is 2.41. The minimum absolute atomic E-state index is 0.00218. The molecule has 0 bridgehead atoms. The van der Waals surface area contributed by atoms with Crippen LogP contribution in [0.5, 0.6) is 0 Å². The van der Waals surface area contributed by atoms with Crippen molar-refractivity contribution in [1.29, 1.82) is 0 Å². The lowest BCUT2D eigenvalue weighted by Gasteiger charge is -2.32. The predicted molar refractivity (Wildman–Crippen MR) is 144 cm³/mol. The van der Waals surface area contributed by atoms with Crippen molar-refractivity contribution in [2.45, 2.75) is 63.5 Å². The zero-order chi connectivity index (χ0) is 32.1. The third-order valence-corrected chi connectivity index (χ3v) is 7.69. The molecule has 2 N–H and O–H groups in total. The number of amides is 1. The molecule has 4 rings (SSSR count). The van der Waals surface area contributed by atoms with E-state index in [9.17, 15) is 45.4 Å². The van der Waals surface area contributed by atoms with Crippen molar-refractivity contribution in [3.05, 3.63) is 82.4 Å². The number of aromatic nitrogens is 1. The van der Waals surface area contributed by atoms with Gasteiger partial charge in [0.15, 0.2) is 0 Å². The van der Waals surface area contributed by atoms with E-state index in [-0.39, 0.29) is 11.8 Å². The number of hydrogen-bond acceptors (Lipinski definition) is 4. The van der Waals surface area contributed by atoms with Gasteiger partial charge in [-0.15, -0.1) is 0 Å². The molecule has 1 aromatic heterocycles. The van der Waals surface area contributed by atoms with Crippen LogP contribution in [-0.2, 0) is 27.4 Å². The van der Waals surface area contributed by atoms with E-state index >= 15 is 0 Å². The summed E-state index contributed by atoms with van der Waals surface area (Å²) in [6.07, 6.45) is -8.07. The summed E-state index contributed by atoms with van der Waals surface area (Å²) in [7, 11) is 1.32. The Bertz CT molecular complexity index is 1540. The monoisotopic (exact) mass is 611 g/mol. The molecule has 3 aromatic rings. The molecule has 0 unspecified atom stereocenters. The molecule has 2 atom stereocenters. The molecular weight excluding hydrogens is 583 g/mol. The Morgan fingerprint density at radius 2 is 1.49 bits per heavy atom. The number of benzene rings is 2. The van der Waals surface area contributed by atoms with Crippen molar-refractivity contribution >= 4 is 17.6 Å². The highest BCUT2D eigenvalue weighted by Gasteiger charge is 2.41. The number of carboxylic acids is 1. The van der Waals surface area contributed by atoms with E-state index < -0.39 is 64.2 Å². The highest BCUT2D eigenvalue weighted by atomic mass is 19.4. The maximum Gasteiger partial charge on any atom is 0.416 e. The first-order chi connectivity index (χ1) is 19.8. The van der Waals surface area contributed by atoms with Gasteiger partial charge in [0, 0.05) is 12.6 Å². The molecule has 0 saturated carbocycles. The molecule has 0 aliphatic carbocycles. The summed E-state index contributed by atoms with van der Waals surface area (Å²) in [5.74, 6) is -2.38. The highest BCUT2D eigenvalue weighted by molar-refractivity contribution is 6.03. The summed E-state index contributed by atoms with van der Waals surface area (Å²) in [4.78, 5) is 30.8. The van der Waals surface area contributed by atoms with Crippen LogP contribution in [0.25, 0.3) is 11.1 Å². The lowest BCUT2D eigenvalue weighted by molar-refractivity contribution is -0.143. The van der Waals surface area contributed by atoms with E-state index in [1.165, 1.54) is 45.3 Å². The number of halogens is 7. The first kappa shape index (κ1) is 31.9. The van der Waals surface area contributed by atoms with Gasteiger partial charge in [-0.25, -0.2) is 4.39 Å². The van der Waals surface area contributed by atoms with E-state index in [2.05, 4.69) is 10.3 Å². The molecule has 1 fully saturated rings. The average Bonchev–Trinajstić information content (AvgIpc) is 3.42. The first-order valence-electron chi connectivity index (χ1n) is 13.1. The van der Waals surface area contributed by atoms with Crippen molar-refractivity contribution in [2.75, 3.05) is 11.9 Å². The number of pyridine rings is 1. The molecular formula is C30H28F7N3O3. The van der Waals surface area contributed by atoms with Crippen LogP contribution in [-0.4, -0.2) is 35.1 Å². The summed E-state index contributed by atoms with van der Waals surface area (Å²) >= 11 is 0. The van der Waals surface area contributed by atoms with Gasteiger partial charge < -0.3 is 10.0 Å². The van der Waals surface area contributed by atoms with E-state index in [4.69, 9.17) is 0 Å². The van der Waals surface area contributed by atoms with Crippen LogP contribution < -0.4 is 10.2 Å². The van der Waals surface area contributed by atoms with Crippen molar-refractivity contribution in [3.8, 4) is 11.1 Å². The second-order valence-electron chi connectivity index (χ2n) is 11.1. The number of anilines is 1. The van der Waals surface area contributed by atoms with Gasteiger partial charge in [-0.2, -0.15) is 26.3 Å². The van der Waals surface area contributed by atoms with E-state index in [1.54, 1.807) is 13.0 Å². The smallest absolute Gasteiger partial charge is 0.416 e. The molecule has 2 aromatic carbocycles. The Balaban J connectivity index is 1.81. The number of carboxylic acid groups (broad SMARTS) is 1. The third kappa shape index (κ3) is 6.51. The Hall–Kier alpha value is -4.00. The fourth-order valence-corrected chi connectivity index (χ4v) is 5.21. The number of aliphatic carboxylic acids is 1. The Morgan fingerprint density at radius 1 is 0.907 bits per heavy atom. The number of nitrogens with one attached hydrogen (secondary N) is 1. The maximum absolute atomic E-state index is 14.0. The normalized spacial score (nSPS) is 17.7. The molecule has 1 aliphatic rings. The van der Waals surface area contributed by atoms with Crippen LogP contribution >= 0.6 is 0 Å². The number of alkyl halides is 6. The van der Waals surface area contributed by atoms with Crippen LogP contribution in [0.3, 0.4) is 0 Å². The molecule has 230 valence electrons. The maximum atomic E-state index is 14.0. The lowest BCUT2D eigenvalue weighted by Crippen LogP contribution is -2.42. The number of aryl methyl sites for hydroxylation is 1. The Kier molecular flexibility index (Phi) is 8.35. The molecule has 13 heteroatoms. The van der Waals surface area contributed by atoms with Gasteiger partial charge in [0.25, 0.3) is 0 Å². The predicted octanol–water partition coefficient (Wildman–Crippen LogP) is 7.05. The van der Waals surface area contributed by atoms with Gasteiger partial charge in [-0.3, -0.25) is 19.9 Å². The number of carbonyl (C=O) groups is 2. The third-order valence-electron chi connectivity index (χ3n) is 7.69. The molecule has 6 nitrogen and oxygen atoms in total. The summed E-state index contributed by atoms with van der Waals surface area (Å²) in [6, 6.07) is 5.36. The van der Waals surface area contributed by atoms with Crippen molar-refractivity contribution in [3.63, 3.8) is 0 Å². The van der Waals surface area contributed by atoms with E-state index in [1.807, 2.05) is 0 Å². The number of rotatable bonds is 6. The molecule has 1 aliphatic heterocycles. The standard InChI is InChI=1S/C30H28F7N3O3/c1-15-9-19(31)5-6-20(15)21-13-24(22-7-8-23(39-22)26(41)42)38-14-25(21)40(4)27(43)28(2,3)16-10-17(29(32,33)34)12-18(11-16)30(35,36)37/h5-6,9-14,22-23,39H,7-8H2,1-4H3,(H,41,42)/t22-,23-/m1/s1. The minimum atomic E-state index is -5.10. The topological polar surface area (TPSA) is 82.5 Å². The second-order valence-corrected chi connectivity index (χ2v) is 11.1. The molecule has 1 amide bonds. The average molecular weight is 612 g/mol. The van der Waals surface area contributed by atoms with Gasteiger partial charge in [-0.1, -0.05) is 6.07 Å². The molecule has 0 radical (unpaired) electrons. The fraction of sp³-hybridized carbons (Fsp3) is 0.367. The van der Waals surface area contributed by atoms with Crippen LogP contribution in [0.1, 0.15) is 60.7 Å². The number of carbonyl (C=O) groups excluding carboxylic acids is 1. The first-order valence-corrected chi connectivity index (χ1v) is 13.1. The number of nitrogens with zero attached hydrogens (tertiary/aromatic N) is 2. The van der Waals surface area contributed by atoms with E-state index in [0.717, 1.165) is 4.90 Å². The molecule has 1 saturated heterocycles. The minimum Gasteiger partial charge on any atom is -0.480 e. The van der Waals surface area contributed by atoms with Gasteiger partial charge in [0.2, 0.25) is 5.91 Å². The second kappa shape index (κ2) is 11.3.